The molecule has 3 aromatic rings. The molecule has 0 radical (unpaired) electrons. The molecule has 0 fully saturated rings. The molecule has 21 heavy (non-hydrogen) atoms. The lowest BCUT2D eigenvalue weighted by atomic mass is 9.96. The molecule has 1 N–H and O–H groups in total. The highest BCUT2D eigenvalue weighted by Crippen LogP contribution is 2.27. The largest absolute Gasteiger partial charge is 0.313 e. The minimum absolute atomic E-state index is 0.399. The molecule has 0 saturated carbocycles. The van der Waals surface area contributed by atoms with Crippen molar-refractivity contribution in [2.24, 2.45) is 0 Å². The second-order valence-corrected chi connectivity index (χ2v) is 6.29. The molecule has 0 aliphatic heterocycles. The fraction of sp³-hybridized carbons (Fsp3) is 0.278. The summed E-state index contributed by atoms with van der Waals surface area (Å²) in [6.07, 6.45) is 7.34. The molecule has 2 heterocycles. The average molecular weight is 296 g/mol. The van der Waals surface area contributed by atoms with Crippen LogP contribution < -0.4 is 5.32 Å². The van der Waals surface area contributed by atoms with E-state index in [1.165, 1.54) is 34.1 Å². The van der Waals surface area contributed by atoms with Crippen LogP contribution in [0.2, 0.25) is 0 Å². The van der Waals surface area contributed by atoms with Crippen molar-refractivity contribution in [1.29, 1.82) is 0 Å². The zero-order chi connectivity index (χ0) is 14.5. The summed E-state index contributed by atoms with van der Waals surface area (Å²) in [5, 5.41) is 8.15. The Morgan fingerprint density at radius 3 is 2.95 bits per heavy atom. The molecule has 1 atom stereocenters. The van der Waals surface area contributed by atoms with Crippen LogP contribution in [-0.2, 0) is 6.42 Å². The lowest BCUT2D eigenvalue weighted by Gasteiger charge is -2.18. The van der Waals surface area contributed by atoms with E-state index in [1.807, 2.05) is 23.7 Å². The van der Waals surface area contributed by atoms with Gasteiger partial charge in [0.1, 0.15) is 0 Å². The summed E-state index contributed by atoms with van der Waals surface area (Å²) in [6, 6.07) is 13.4. The van der Waals surface area contributed by atoms with Crippen molar-refractivity contribution < 1.29 is 0 Å². The van der Waals surface area contributed by atoms with Gasteiger partial charge in [0.15, 0.2) is 0 Å². The highest BCUT2D eigenvalue weighted by atomic mass is 32.1. The summed E-state index contributed by atoms with van der Waals surface area (Å²) >= 11 is 1.85. The average Bonchev–Trinajstić information content (AvgIpc) is 3.05. The standard InChI is InChI=1S/C18H20N2S/c1-19-18(9-3-6-15-7-4-12-21-15)17-8-2-5-14-13-20-11-10-16(14)17/h2,4-5,7-8,10-13,18-19H,3,6,9H2,1H3. The number of nitrogens with one attached hydrogen (secondary N) is 1. The Bertz CT molecular complexity index is 686. The van der Waals surface area contributed by atoms with Gasteiger partial charge in [-0.15, -0.1) is 11.3 Å². The summed E-state index contributed by atoms with van der Waals surface area (Å²) in [7, 11) is 2.05. The summed E-state index contributed by atoms with van der Waals surface area (Å²) in [6.45, 7) is 0. The van der Waals surface area contributed by atoms with Gasteiger partial charge in [-0.1, -0.05) is 24.3 Å². The first-order valence-electron chi connectivity index (χ1n) is 7.41. The van der Waals surface area contributed by atoms with Crippen molar-refractivity contribution in [1.82, 2.24) is 10.3 Å². The first-order chi connectivity index (χ1) is 10.4. The molecule has 0 aliphatic rings. The molecule has 3 heteroatoms. The molecule has 0 aliphatic carbocycles. The first kappa shape index (κ1) is 14.2. The number of aryl methyl sites for hydroxylation is 1. The maximum Gasteiger partial charge on any atom is 0.0346 e. The van der Waals surface area contributed by atoms with E-state index in [2.05, 4.69) is 59.1 Å². The molecule has 0 bridgehead atoms. The fourth-order valence-corrected chi connectivity index (χ4v) is 3.59. The van der Waals surface area contributed by atoms with E-state index in [9.17, 15) is 0 Å². The molecule has 0 spiro atoms. The van der Waals surface area contributed by atoms with Crippen LogP contribution >= 0.6 is 11.3 Å². The maximum absolute atomic E-state index is 4.22. The van der Waals surface area contributed by atoms with Crippen LogP contribution in [-0.4, -0.2) is 12.0 Å². The Balaban J connectivity index is 1.75. The van der Waals surface area contributed by atoms with Gasteiger partial charge < -0.3 is 5.32 Å². The topological polar surface area (TPSA) is 24.9 Å². The van der Waals surface area contributed by atoms with E-state index >= 15 is 0 Å². The number of hydrogen-bond acceptors (Lipinski definition) is 3. The van der Waals surface area contributed by atoms with Crippen LogP contribution in [0.4, 0.5) is 0 Å². The van der Waals surface area contributed by atoms with Gasteiger partial charge in [-0.3, -0.25) is 4.98 Å². The smallest absolute Gasteiger partial charge is 0.0346 e. The van der Waals surface area contributed by atoms with Gasteiger partial charge >= 0.3 is 0 Å². The number of pyridine rings is 1. The highest BCUT2D eigenvalue weighted by molar-refractivity contribution is 7.09. The molecule has 0 amide bonds. The number of aromatic nitrogens is 1. The van der Waals surface area contributed by atoms with Crippen LogP contribution in [0.15, 0.2) is 54.2 Å². The van der Waals surface area contributed by atoms with E-state index in [4.69, 9.17) is 0 Å². The second-order valence-electron chi connectivity index (χ2n) is 5.26. The number of hydrogen-bond donors (Lipinski definition) is 1. The number of fused-ring (bicyclic) bond motifs is 1. The van der Waals surface area contributed by atoms with Gasteiger partial charge in [0.05, 0.1) is 0 Å². The molecule has 3 rings (SSSR count). The number of benzene rings is 1. The summed E-state index contributed by atoms with van der Waals surface area (Å²) in [4.78, 5) is 5.69. The quantitative estimate of drug-likeness (QED) is 0.720. The predicted octanol–water partition coefficient (Wildman–Crippen LogP) is 4.58. The van der Waals surface area contributed by atoms with Crippen molar-refractivity contribution in [3.63, 3.8) is 0 Å². The summed E-state index contributed by atoms with van der Waals surface area (Å²) < 4.78 is 0. The molecule has 1 aromatic carbocycles. The van der Waals surface area contributed by atoms with Crippen LogP contribution in [0.3, 0.4) is 0 Å². The van der Waals surface area contributed by atoms with Crippen molar-refractivity contribution in [3.05, 3.63) is 64.6 Å². The predicted molar refractivity (Wildman–Crippen MR) is 90.8 cm³/mol. The monoisotopic (exact) mass is 296 g/mol. The third-order valence-corrected chi connectivity index (χ3v) is 4.87. The van der Waals surface area contributed by atoms with Gasteiger partial charge in [0, 0.05) is 28.7 Å². The molecular weight excluding hydrogens is 276 g/mol. The minimum atomic E-state index is 0.399. The van der Waals surface area contributed by atoms with Crippen molar-refractivity contribution in [2.75, 3.05) is 7.05 Å². The van der Waals surface area contributed by atoms with E-state index in [0.29, 0.717) is 6.04 Å². The zero-order valence-corrected chi connectivity index (χ0v) is 13.1. The number of nitrogens with zero attached hydrogens (tertiary/aromatic N) is 1. The third-order valence-electron chi connectivity index (χ3n) is 3.93. The van der Waals surface area contributed by atoms with Crippen LogP contribution in [0.25, 0.3) is 10.8 Å². The first-order valence-corrected chi connectivity index (χ1v) is 8.29. The second kappa shape index (κ2) is 6.83. The Labute approximate surface area is 129 Å². The molecule has 1 unspecified atom stereocenters. The van der Waals surface area contributed by atoms with Crippen LogP contribution in [0, 0.1) is 0 Å². The number of thiophene rings is 1. The van der Waals surface area contributed by atoms with Gasteiger partial charge in [0.25, 0.3) is 0 Å². The Hall–Kier alpha value is -1.71. The summed E-state index contributed by atoms with van der Waals surface area (Å²) in [5.41, 5.74) is 1.38. The maximum atomic E-state index is 4.22. The van der Waals surface area contributed by atoms with E-state index in [0.717, 1.165) is 6.42 Å². The van der Waals surface area contributed by atoms with Gasteiger partial charge in [0.2, 0.25) is 0 Å². The van der Waals surface area contributed by atoms with Crippen LogP contribution in [0.1, 0.15) is 29.3 Å². The third kappa shape index (κ3) is 3.31. The van der Waals surface area contributed by atoms with Crippen LogP contribution in [0.5, 0.6) is 0 Å². The normalized spacial score (nSPS) is 12.6. The van der Waals surface area contributed by atoms with E-state index in [-0.39, 0.29) is 0 Å². The number of rotatable bonds is 6. The van der Waals surface area contributed by atoms with Gasteiger partial charge in [-0.2, -0.15) is 0 Å². The molecule has 0 saturated heterocycles. The zero-order valence-electron chi connectivity index (χ0n) is 12.3. The lowest BCUT2D eigenvalue weighted by Crippen LogP contribution is -2.16. The Kier molecular flexibility index (Phi) is 4.63. The van der Waals surface area contributed by atoms with E-state index in [1.54, 1.807) is 0 Å². The highest BCUT2D eigenvalue weighted by Gasteiger charge is 2.12. The Morgan fingerprint density at radius 1 is 1.19 bits per heavy atom. The van der Waals surface area contributed by atoms with E-state index < -0.39 is 0 Å². The molecular formula is C18H20N2S. The van der Waals surface area contributed by atoms with Gasteiger partial charge in [-0.05, 0) is 54.8 Å². The van der Waals surface area contributed by atoms with Crippen molar-refractivity contribution in [3.8, 4) is 0 Å². The fourth-order valence-electron chi connectivity index (χ4n) is 2.84. The molecule has 2 nitrogen and oxygen atoms in total. The van der Waals surface area contributed by atoms with Gasteiger partial charge in [-0.25, -0.2) is 0 Å². The summed E-state index contributed by atoms with van der Waals surface area (Å²) in [5.74, 6) is 0. The molecule has 108 valence electrons. The lowest BCUT2D eigenvalue weighted by molar-refractivity contribution is 0.531. The molecule has 2 aromatic heterocycles. The van der Waals surface area contributed by atoms with Crippen molar-refractivity contribution >= 4 is 22.1 Å². The Morgan fingerprint density at radius 2 is 2.14 bits per heavy atom. The SMILES string of the molecule is CNC(CCCc1cccs1)c1cccc2cnccc12. The minimum Gasteiger partial charge on any atom is -0.313 e. The van der Waals surface area contributed by atoms with Crippen molar-refractivity contribution in [2.45, 2.75) is 25.3 Å².